The molecule has 1 aromatic heterocycles. The number of nitrogens with zero attached hydrogens (tertiary/aromatic N) is 1. The molecule has 28 heavy (non-hydrogen) atoms. The molecule has 0 saturated carbocycles. The number of carbonyl (C=O) groups is 2. The highest BCUT2D eigenvalue weighted by Gasteiger charge is 2.12. The summed E-state index contributed by atoms with van der Waals surface area (Å²) in [6, 6.07) is 15.8. The van der Waals surface area contributed by atoms with Gasteiger partial charge in [0.15, 0.2) is 0 Å². The van der Waals surface area contributed by atoms with Gasteiger partial charge in [-0.1, -0.05) is 29.8 Å². The molecule has 0 fully saturated rings. The monoisotopic (exact) mass is 397 g/mol. The van der Waals surface area contributed by atoms with Gasteiger partial charge in [-0.15, -0.1) is 0 Å². The molecule has 0 aliphatic heterocycles. The lowest BCUT2D eigenvalue weighted by atomic mass is 10.1. The standard InChI is InChI=1S/C21H17ClFN3O2/c22-16-6-4-14(5-7-16)8-10-25-20(27)15-9-11-24-19(12-15)21(28)26-18-3-1-2-17(23)13-18/h1-7,9,11-13H,8,10H2,(H,25,27)(H,26,28). The number of hydrogen-bond donors (Lipinski definition) is 2. The summed E-state index contributed by atoms with van der Waals surface area (Å²) in [5.74, 6) is -1.29. The van der Waals surface area contributed by atoms with Crippen LogP contribution in [0.25, 0.3) is 0 Å². The third kappa shape index (κ3) is 5.37. The molecule has 0 aliphatic carbocycles. The molecule has 0 unspecified atom stereocenters. The highest BCUT2D eigenvalue weighted by molar-refractivity contribution is 6.30. The van der Waals surface area contributed by atoms with Crippen LogP contribution in [0.3, 0.4) is 0 Å². The second kappa shape index (κ2) is 9.10. The van der Waals surface area contributed by atoms with Gasteiger partial charge in [0.1, 0.15) is 11.5 Å². The Bertz CT molecular complexity index is 993. The maximum absolute atomic E-state index is 13.2. The number of halogens is 2. The van der Waals surface area contributed by atoms with Crippen LogP contribution in [0.5, 0.6) is 0 Å². The first-order chi connectivity index (χ1) is 13.5. The van der Waals surface area contributed by atoms with Crippen molar-refractivity contribution in [3.05, 3.63) is 94.5 Å². The molecule has 0 bridgehead atoms. The van der Waals surface area contributed by atoms with Gasteiger partial charge in [0.2, 0.25) is 0 Å². The van der Waals surface area contributed by atoms with Crippen molar-refractivity contribution in [3.63, 3.8) is 0 Å². The van der Waals surface area contributed by atoms with Crippen LogP contribution in [-0.4, -0.2) is 23.3 Å². The SMILES string of the molecule is O=C(NCCc1ccc(Cl)cc1)c1ccnc(C(=O)Nc2cccc(F)c2)c1. The van der Waals surface area contributed by atoms with Crippen molar-refractivity contribution >= 4 is 29.1 Å². The predicted molar refractivity (Wildman–Crippen MR) is 106 cm³/mol. The summed E-state index contributed by atoms with van der Waals surface area (Å²) in [5.41, 5.74) is 1.74. The highest BCUT2D eigenvalue weighted by Crippen LogP contribution is 2.12. The van der Waals surface area contributed by atoms with E-state index in [1.54, 1.807) is 18.2 Å². The Morgan fingerprint density at radius 1 is 1.00 bits per heavy atom. The van der Waals surface area contributed by atoms with Crippen LogP contribution in [0.1, 0.15) is 26.4 Å². The topological polar surface area (TPSA) is 71.1 Å². The zero-order chi connectivity index (χ0) is 19.9. The van der Waals surface area contributed by atoms with Gasteiger partial charge in [-0.2, -0.15) is 0 Å². The van der Waals surface area contributed by atoms with Gasteiger partial charge < -0.3 is 10.6 Å². The first-order valence-corrected chi connectivity index (χ1v) is 8.95. The van der Waals surface area contributed by atoms with E-state index in [-0.39, 0.29) is 11.6 Å². The van der Waals surface area contributed by atoms with E-state index in [9.17, 15) is 14.0 Å². The molecule has 7 heteroatoms. The van der Waals surface area contributed by atoms with Crippen LogP contribution in [0, 0.1) is 5.82 Å². The molecule has 0 saturated heterocycles. The normalized spacial score (nSPS) is 10.4. The number of carbonyl (C=O) groups excluding carboxylic acids is 2. The molecular formula is C21H17ClFN3O2. The van der Waals surface area contributed by atoms with Crippen molar-refractivity contribution in [2.24, 2.45) is 0 Å². The van der Waals surface area contributed by atoms with Crippen molar-refractivity contribution < 1.29 is 14.0 Å². The van der Waals surface area contributed by atoms with E-state index in [4.69, 9.17) is 11.6 Å². The fraction of sp³-hybridized carbons (Fsp3) is 0.0952. The minimum absolute atomic E-state index is 0.0645. The summed E-state index contributed by atoms with van der Waals surface area (Å²) in [5, 5.41) is 6.02. The van der Waals surface area contributed by atoms with Gasteiger partial charge in [-0.25, -0.2) is 4.39 Å². The van der Waals surface area contributed by atoms with Crippen LogP contribution >= 0.6 is 11.6 Å². The first-order valence-electron chi connectivity index (χ1n) is 8.57. The summed E-state index contributed by atoms with van der Waals surface area (Å²) in [7, 11) is 0. The summed E-state index contributed by atoms with van der Waals surface area (Å²) >= 11 is 5.85. The second-order valence-corrected chi connectivity index (χ2v) is 6.46. The molecule has 2 aromatic carbocycles. The molecule has 5 nitrogen and oxygen atoms in total. The fourth-order valence-electron chi connectivity index (χ4n) is 2.53. The predicted octanol–water partition coefficient (Wildman–Crippen LogP) is 4.10. The molecule has 2 amide bonds. The van der Waals surface area contributed by atoms with Crippen LogP contribution in [0.15, 0.2) is 66.9 Å². The number of nitrogens with one attached hydrogen (secondary N) is 2. The Morgan fingerprint density at radius 3 is 2.54 bits per heavy atom. The summed E-state index contributed by atoms with van der Waals surface area (Å²) < 4.78 is 13.2. The summed E-state index contributed by atoms with van der Waals surface area (Å²) in [4.78, 5) is 28.6. The zero-order valence-corrected chi connectivity index (χ0v) is 15.5. The zero-order valence-electron chi connectivity index (χ0n) is 14.8. The Hall–Kier alpha value is -3.25. The number of pyridine rings is 1. The van der Waals surface area contributed by atoms with Gasteiger partial charge in [0.05, 0.1) is 0 Å². The number of hydrogen-bond acceptors (Lipinski definition) is 3. The third-order valence-corrected chi connectivity index (χ3v) is 4.20. The second-order valence-electron chi connectivity index (χ2n) is 6.03. The van der Waals surface area contributed by atoms with Crippen LogP contribution in [0.2, 0.25) is 5.02 Å². The Balaban J connectivity index is 1.59. The molecule has 2 N–H and O–H groups in total. The quantitative estimate of drug-likeness (QED) is 0.657. The number of anilines is 1. The van der Waals surface area contributed by atoms with Crippen LogP contribution in [0.4, 0.5) is 10.1 Å². The van der Waals surface area contributed by atoms with Crippen LogP contribution < -0.4 is 10.6 Å². The molecule has 1 heterocycles. The van der Waals surface area contributed by atoms with Crippen molar-refractivity contribution in [1.82, 2.24) is 10.3 Å². The summed E-state index contributed by atoms with van der Waals surface area (Å²) in [6.07, 6.45) is 2.04. The molecular weight excluding hydrogens is 381 g/mol. The largest absolute Gasteiger partial charge is 0.352 e. The molecule has 0 spiro atoms. The summed E-state index contributed by atoms with van der Waals surface area (Å²) in [6.45, 7) is 0.438. The van der Waals surface area contributed by atoms with E-state index in [1.165, 1.54) is 36.5 Å². The van der Waals surface area contributed by atoms with E-state index < -0.39 is 11.7 Å². The minimum atomic E-state index is -0.526. The van der Waals surface area contributed by atoms with Gasteiger partial charge in [0.25, 0.3) is 11.8 Å². The lowest BCUT2D eigenvalue weighted by Crippen LogP contribution is -2.26. The molecule has 142 valence electrons. The van der Waals surface area contributed by atoms with E-state index in [2.05, 4.69) is 15.6 Å². The van der Waals surface area contributed by atoms with E-state index >= 15 is 0 Å². The third-order valence-electron chi connectivity index (χ3n) is 3.95. The average molecular weight is 398 g/mol. The van der Waals surface area contributed by atoms with Crippen molar-refractivity contribution in [3.8, 4) is 0 Å². The highest BCUT2D eigenvalue weighted by atomic mass is 35.5. The number of benzene rings is 2. The Morgan fingerprint density at radius 2 is 1.79 bits per heavy atom. The molecule has 0 radical (unpaired) electrons. The Labute approximate surface area is 166 Å². The van der Waals surface area contributed by atoms with Crippen molar-refractivity contribution in [2.45, 2.75) is 6.42 Å². The lowest BCUT2D eigenvalue weighted by molar-refractivity contribution is 0.0954. The average Bonchev–Trinajstić information content (AvgIpc) is 2.69. The van der Waals surface area contributed by atoms with Gasteiger partial charge in [0, 0.05) is 29.0 Å². The molecule has 3 rings (SSSR count). The molecule has 3 aromatic rings. The number of rotatable bonds is 6. The Kier molecular flexibility index (Phi) is 6.34. The maximum atomic E-state index is 13.2. The molecule has 0 atom stereocenters. The van der Waals surface area contributed by atoms with Gasteiger partial charge in [-0.05, 0) is 54.4 Å². The van der Waals surface area contributed by atoms with E-state index in [1.807, 2.05) is 12.1 Å². The number of amides is 2. The molecule has 0 aliphatic rings. The van der Waals surface area contributed by atoms with E-state index in [0.29, 0.717) is 29.2 Å². The van der Waals surface area contributed by atoms with E-state index in [0.717, 1.165) is 5.56 Å². The maximum Gasteiger partial charge on any atom is 0.274 e. The number of aromatic nitrogens is 1. The fourth-order valence-corrected chi connectivity index (χ4v) is 2.66. The van der Waals surface area contributed by atoms with Gasteiger partial charge in [-0.3, -0.25) is 14.6 Å². The van der Waals surface area contributed by atoms with Gasteiger partial charge >= 0.3 is 0 Å². The first kappa shape index (κ1) is 19.5. The lowest BCUT2D eigenvalue weighted by Gasteiger charge is -2.08. The smallest absolute Gasteiger partial charge is 0.274 e. The van der Waals surface area contributed by atoms with Crippen molar-refractivity contribution in [1.29, 1.82) is 0 Å². The minimum Gasteiger partial charge on any atom is -0.352 e. The van der Waals surface area contributed by atoms with Crippen molar-refractivity contribution in [2.75, 3.05) is 11.9 Å². The van der Waals surface area contributed by atoms with Crippen LogP contribution in [-0.2, 0) is 6.42 Å².